The Morgan fingerprint density at radius 3 is 2.56 bits per heavy atom. The fourth-order valence-electron chi connectivity index (χ4n) is 3.54. The predicted octanol–water partition coefficient (Wildman–Crippen LogP) is 2.55. The Morgan fingerprint density at radius 2 is 1.85 bits per heavy atom. The minimum atomic E-state index is -0.777. The molecule has 2 aromatic rings. The maximum Gasteiger partial charge on any atom is 0.366 e. The Kier molecular flexibility index (Phi) is 4.72. The van der Waals surface area contributed by atoms with Gasteiger partial charge in [-0.15, -0.1) is 0 Å². The summed E-state index contributed by atoms with van der Waals surface area (Å²) in [6.07, 6.45) is 1.54. The van der Waals surface area contributed by atoms with Gasteiger partial charge >= 0.3 is 5.82 Å². The number of pyridine rings is 1. The number of anilines is 1. The maximum absolute atomic E-state index is 13.1. The summed E-state index contributed by atoms with van der Waals surface area (Å²) in [6, 6.07) is 12.1. The predicted molar refractivity (Wildman–Crippen MR) is 98.7 cm³/mol. The molecule has 1 unspecified atom stereocenters. The monoisotopic (exact) mass is 368 g/mol. The second-order valence-electron chi connectivity index (χ2n) is 6.70. The number of benzene rings is 1. The summed E-state index contributed by atoms with van der Waals surface area (Å²) >= 11 is 0. The number of fused-ring (bicyclic) bond motifs is 1. The normalized spacial score (nSPS) is 19.6. The van der Waals surface area contributed by atoms with E-state index in [2.05, 4.69) is 9.88 Å². The van der Waals surface area contributed by atoms with E-state index in [0.717, 1.165) is 31.5 Å². The molecule has 2 aliphatic rings. The highest BCUT2D eigenvalue weighted by Gasteiger charge is 2.39. The maximum atomic E-state index is 13.1. The molecule has 8 heteroatoms. The molecule has 1 fully saturated rings. The van der Waals surface area contributed by atoms with E-state index in [0.29, 0.717) is 18.8 Å². The van der Waals surface area contributed by atoms with Crippen molar-refractivity contribution >= 4 is 17.5 Å². The molecule has 1 aromatic carbocycles. The first-order valence-electron chi connectivity index (χ1n) is 9.04. The van der Waals surface area contributed by atoms with Gasteiger partial charge in [0.15, 0.2) is 5.75 Å². The molecule has 3 heterocycles. The standard InChI is InChI=1S/C19H20N4O4/c24-19-17(14-6-2-1-3-7-14)27-15-8-9-16(23(25)26)20-18(15)22(19)13-12-21-10-4-5-11-21/h1-3,6-9,17H,4-5,10-13H2. The van der Waals surface area contributed by atoms with Gasteiger partial charge in [-0.2, -0.15) is 0 Å². The molecule has 0 saturated carbocycles. The van der Waals surface area contributed by atoms with E-state index < -0.39 is 11.0 Å². The molecule has 0 bridgehead atoms. The lowest BCUT2D eigenvalue weighted by Gasteiger charge is -2.32. The minimum Gasteiger partial charge on any atom is -0.469 e. The fourth-order valence-corrected chi connectivity index (χ4v) is 3.54. The molecule has 1 saturated heterocycles. The smallest absolute Gasteiger partial charge is 0.366 e. The Bertz CT molecular complexity index is 852. The molecular weight excluding hydrogens is 348 g/mol. The van der Waals surface area contributed by atoms with Gasteiger partial charge in [0.1, 0.15) is 0 Å². The van der Waals surface area contributed by atoms with Crippen molar-refractivity contribution in [1.29, 1.82) is 0 Å². The van der Waals surface area contributed by atoms with Crippen LogP contribution in [0, 0.1) is 10.1 Å². The van der Waals surface area contributed by atoms with Gasteiger partial charge in [0.05, 0.1) is 0 Å². The number of rotatable bonds is 5. The Morgan fingerprint density at radius 1 is 1.11 bits per heavy atom. The van der Waals surface area contributed by atoms with Crippen molar-refractivity contribution in [2.75, 3.05) is 31.1 Å². The van der Waals surface area contributed by atoms with Crippen LogP contribution in [0.5, 0.6) is 5.75 Å². The Hall–Kier alpha value is -3.00. The average molecular weight is 368 g/mol. The van der Waals surface area contributed by atoms with Gasteiger partial charge in [-0.25, -0.2) is 0 Å². The molecule has 1 atom stereocenters. The number of ether oxygens (including phenoxy) is 1. The first-order chi connectivity index (χ1) is 13.1. The van der Waals surface area contributed by atoms with E-state index in [1.165, 1.54) is 17.0 Å². The van der Waals surface area contributed by atoms with E-state index in [4.69, 9.17) is 4.74 Å². The van der Waals surface area contributed by atoms with Crippen molar-refractivity contribution in [3.05, 3.63) is 58.1 Å². The van der Waals surface area contributed by atoms with Gasteiger partial charge < -0.3 is 19.8 Å². The molecule has 8 nitrogen and oxygen atoms in total. The number of nitro groups is 1. The van der Waals surface area contributed by atoms with Crippen molar-refractivity contribution in [3.8, 4) is 5.75 Å². The van der Waals surface area contributed by atoms with Crippen molar-refractivity contribution in [1.82, 2.24) is 9.88 Å². The van der Waals surface area contributed by atoms with E-state index in [-0.39, 0.29) is 17.5 Å². The van der Waals surface area contributed by atoms with Crippen LogP contribution in [0.2, 0.25) is 0 Å². The summed E-state index contributed by atoms with van der Waals surface area (Å²) in [6.45, 7) is 3.15. The Balaban J connectivity index is 1.67. The molecule has 0 spiro atoms. The Labute approximate surface area is 156 Å². The number of hydrogen-bond acceptors (Lipinski definition) is 6. The van der Waals surface area contributed by atoms with Crippen molar-refractivity contribution in [3.63, 3.8) is 0 Å². The van der Waals surface area contributed by atoms with Crippen LogP contribution in [-0.4, -0.2) is 46.9 Å². The van der Waals surface area contributed by atoms with E-state index >= 15 is 0 Å². The molecule has 1 amide bonds. The molecule has 1 aromatic heterocycles. The third-order valence-corrected chi connectivity index (χ3v) is 4.94. The second kappa shape index (κ2) is 7.32. The first-order valence-corrected chi connectivity index (χ1v) is 9.04. The van der Waals surface area contributed by atoms with E-state index in [1.54, 1.807) is 0 Å². The highest BCUT2D eigenvalue weighted by molar-refractivity contribution is 5.99. The molecule has 0 N–H and O–H groups in total. The van der Waals surface area contributed by atoms with Crippen LogP contribution in [0.25, 0.3) is 0 Å². The van der Waals surface area contributed by atoms with Gasteiger partial charge in [-0.05, 0) is 41.9 Å². The number of hydrogen-bond donors (Lipinski definition) is 0. The van der Waals surface area contributed by atoms with Crippen molar-refractivity contribution in [2.45, 2.75) is 18.9 Å². The number of carbonyl (C=O) groups excluding carboxylic acids is 1. The molecular formula is C19H20N4O4. The average Bonchev–Trinajstić information content (AvgIpc) is 3.20. The lowest BCUT2D eigenvalue weighted by atomic mass is 10.1. The zero-order chi connectivity index (χ0) is 18.8. The first kappa shape index (κ1) is 17.4. The number of likely N-dealkylation sites (tertiary alicyclic amines) is 1. The molecule has 4 rings (SSSR count). The number of aromatic nitrogens is 1. The zero-order valence-corrected chi connectivity index (χ0v) is 14.8. The quantitative estimate of drug-likeness (QED) is 0.595. The molecule has 0 radical (unpaired) electrons. The second-order valence-corrected chi connectivity index (χ2v) is 6.70. The number of amides is 1. The lowest BCUT2D eigenvalue weighted by Crippen LogP contribution is -2.45. The number of nitrogens with zero attached hydrogens (tertiary/aromatic N) is 4. The largest absolute Gasteiger partial charge is 0.469 e. The van der Waals surface area contributed by atoms with Crippen LogP contribution in [0.4, 0.5) is 11.6 Å². The molecule has 0 aliphatic carbocycles. The van der Waals surface area contributed by atoms with Crippen LogP contribution >= 0.6 is 0 Å². The summed E-state index contributed by atoms with van der Waals surface area (Å²) < 4.78 is 5.88. The van der Waals surface area contributed by atoms with Gasteiger partial charge in [-0.3, -0.25) is 9.69 Å². The SMILES string of the molecule is O=C1C(c2ccccc2)Oc2ccc([N+](=O)[O-])nc2N1CCN1CCCC1. The molecule has 140 valence electrons. The highest BCUT2D eigenvalue weighted by Crippen LogP contribution is 2.38. The lowest BCUT2D eigenvalue weighted by molar-refractivity contribution is -0.389. The van der Waals surface area contributed by atoms with Crippen molar-refractivity contribution in [2.24, 2.45) is 0 Å². The third kappa shape index (κ3) is 3.48. The van der Waals surface area contributed by atoms with Crippen LogP contribution in [0.15, 0.2) is 42.5 Å². The van der Waals surface area contributed by atoms with Gasteiger partial charge in [0, 0.05) is 24.7 Å². The van der Waals surface area contributed by atoms with Gasteiger partial charge in [0.25, 0.3) is 11.7 Å². The van der Waals surface area contributed by atoms with Gasteiger partial charge in [0.2, 0.25) is 6.10 Å². The summed E-state index contributed by atoms with van der Waals surface area (Å²) in [5, 5.41) is 11.1. The minimum absolute atomic E-state index is 0.223. The van der Waals surface area contributed by atoms with E-state index in [1.807, 2.05) is 30.3 Å². The van der Waals surface area contributed by atoms with Gasteiger partial charge in [-0.1, -0.05) is 30.3 Å². The molecule has 27 heavy (non-hydrogen) atoms. The zero-order valence-electron chi connectivity index (χ0n) is 14.8. The molecule has 2 aliphatic heterocycles. The third-order valence-electron chi connectivity index (χ3n) is 4.94. The highest BCUT2D eigenvalue weighted by atomic mass is 16.6. The summed E-state index contributed by atoms with van der Waals surface area (Å²) in [5.74, 6) is 0.0615. The fraction of sp³-hybridized carbons (Fsp3) is 0.368. The van der Waals surface area contributed by atoms with Crippen LogP contribution < -0.4 is 9.64 Å². The summed E-state index contributed by atoms with van der Waals surface area (Å²) in [5.41, 5.74) is 0.748. The van der Waals surface area contributed by atoms with Crippen LogP contribution in [0.1, 0.15) is 24.5 Å². The van der Waals surface area contributed by atoms with Crippen molar-refractivity contribution < 1.29 is 14.5 Å². The van der Waals surface area contributed by atoms with Crippen LogP contribution in [-0.2, 0) is 4.79 Å². The summed E-state index contributed by atoms with van der Waals surface area (Å²) in [7, 11) is 0. The number of carbonyl (C=O) groups is 1. The van der Waals surface area contributed by atoms with E-state index in [9.17, 15) is 14.9 Å². The topological polar surface area (TPSA) is 88.8 Å². The summed E-state index contributed by atoms with van der Waals surface area (Å²) in [4.78, 5) is 31.6. The van der Waals surface area contributed by atoms with Crippen LogP contribution in [0.3, 0.4) is 0 Å².